The van der Waals surface area contributed by atoms with Crippen LogP contribution in [0.5, 0.6) is 5.75 Å². The highest BCUT2D eigenvalue weighted by molar-refractivity contribution is 7.15. The SMILES string of the molecule is COc1cccc(CC(CCl)Cc2cn3ccsc3n2)c1. The molecule has 0 aliphatic heterocycles. The van der Waals surface area contributed by atoms with E-state index < -0.39 is 0 Å². The molecule has 1 unspecified atom stereocenters. The predicted molar refractivity (Wildman–Crippen MR) is 87.7 cm³/mol. The number of aromatic nitrogens is 2. The van der Waals surface area contributed by atoms with Crippen LogP contribution in [-0.4, -0.2) is 22.4 Å². The summed E-state index contributed by atoms with van der Waals surface area (Å²) < 4.78 is 7.34. The van der Waals surface area contributed by atoms with E-state index in [-0.39, 0.29) is 0 Å². The van der Waals surface area contributed by atoms with Crippen LogP contribution < -0.4 is 4.74 Å². The van der Waals surface area contributed by atoms with Crippen LogP contribution >= 0.6 is 22.9 Å². The minimum absolute atomic E-state index is 0.378. The van der Waals surface area contributed by atoms with E-state index in [9.17, 15) is 0 Å². The van der Waals surface area contributed by atoms with Crippen molar-refractivity contribution in [1.82, 2.24) is 9.38 Å². The molecule has 21 heavy (non-hydrogen) atoms. The number of fused-ring (bicyclic) bond motifs is 1. The zero-order valence-corrected chi connectivity index (χ0v) is 13.4. The van der Waals surface area contributed by atoms with Crippen molar-refractivity contribution in [2.45, 2.75) is 12.8 Å². The Hall–Kier alpha value is -1.52. The Morgan fingerprint density at radius 3 is 3.05 bits per heavy atom. The molecule has 0 bridgehead atoms. The van der Waals surface area contributed by atoms with Gasteiger partial charge >= 0.3 is 0 Å². The highest BCUT2D eigenvalue weighted by Gasteiger charge is 2.13. The van der Waals surface area contributed by atoms with E-state index in [4.69, 9.17) is 16.3 Å². The maximum atomic E-state index is 6.15. The van der Waals surface area contributed by atoms with Crippen LogP contribution in [0.15, 0.2) is 42.0 Å². The average Bonchev–Trinajstić information content (AvgIpc) is 3.08. The summed E-state index contributed by atoms with van der Waals surface area (Å²) in [6.07, 6.45) is 5.96. The molecule has 2 aromatic heterocycles. The molecule has 0 aliphatic rings. The van der Waals surface area contributed by atoms with Crippen molar-refractivity contribution in [3.63, 3.8) is 0 Å². The van der Waals surface area contributed by atoms with E-state index in [1.807, 2.05) is 23.7 Å². The first-order valence-electron chi connectivity index (χ1n) is 6.88. The van der Waals surface area contributed by atoms with Gasteiger partial charge < -0.3 is 4.74 Å². The van der Waals surface area contributed by atoms with Gasteiger partial charge in [0.05, 0.1) is 12.8 Å². The predicted octanol–water partition coefficient (Wildman–Crippen LogP) is 4.04. The molecule has 2 heterocycles. The number of thiazole rings is 1. The molecule has 1 atom stereocenters. The lowest BCUT2D eigenvalue weighted by Crippen LogP contribution is -2.10. The minimum Gasteiger partial charge on any atom is -0.497 e. The van der Waals surface area contributed by atoms with Gasteiger partial charge in [0.25, 0.3) is 0 Å². The number of hydrogen-bond donors (Lipinski definition) is 0. The third-order valence-corrected chi connectivity index (χ3v) is 4.72. The van der Waals surface area contributed by atoms with Gasteiger partial charge in [-0.1, -0.05) is 12.1 Å². The fourth-order valence-electron chi connectivity index (χ4n) is 2.48. The summed E-state index contributed by atoms with van der Waals surface area (Å²) in [5, 5.41) is 2.04. The van der Waals surface area contributed by atoms with Crippen LogP contribution in [0, 0.1) is 5.92 Å². The summed E-state index contributed by atoms with van der Waals surface area (Å²) >= 11 is 7.80. The van der Waals surface area contributed by atoms with Gasteiger partial charge in [0.1, 0.15) is 5.75 Å². The molecule has 3 aromatic rings. The highest BCUT2D eigenvalue weighted by Crippen LogP contribution is 2.20. The number of alkyl halides is 1. The van der Waals surface area contributed by atoms with Gasteiger partial charge in [-0.25, -0.2) is 4.98 Å². The Morgan fingerprint density at radius 1 is 1.38 bits per heavy atom. The number of hydrogen-bond acceptors (Lipinski definition) is 3. The quantitative estimate of drug-likeness (QED) is 0.641. The van der Waals surface area contributed by atoms with Crippen molar-refractivity contribution in [3.8, 4) is 5.75 Å². The molecule has 0 amide bonds. The number of halogens is 1. The van der Waals surface area contributed by atoms with Crippen LogP contribution in [-0.2, 0) is 12.8 Å². The number of nitrogens with zero attached hydrogens (tertiary/aromatic N) is 2. The van der Waals surface area contributed by atoms with Crippen LogP contribution in [0.1, 0.15) is 11.3 Å². The summed E-state index contributed by atoms with van der Waals surface area (Å²) in [6.45, 7) is 0. The number of imidazole rings is 1. The first kappa shape index (κ1) is 14.4. The van der Waals surface area contributed by atoms with Crippen molar-refractivity contribution in [3.05, 3.63) is 53.3 Å². The van der Waals surface area contributed by atoms with Gasteiger partial charge in [-0.3, -0.25) is 4.40 Å². The second-order valence-corrected chi connectivity index (χ2v) is 6.29. The zero-order valence-electron chi connectivity index (χ0n) is 11.8. The standard InChI is InChI=1S/C16H17ClN2OS/c1-20-15-4-2-3-12(9-15)7-13(10-17)8-14-11-19-5-6-21-16(19)18-14/h2-6,9,11,13H,7-8,10H2,1H3. The van der Waals surface area contributed by atoms with Gasteiger partial charge in [0, 0.05) is 23.7 Å². The third-order valence-electron chi connectivity index (χ3n) is 3.52. The van der Waals surface area contributed by atoms with E-state index in [1.54, 1.807) is 18.4 Å². The number of rotatable bonds is 6. The molecule has 0 saturated heterocycles. The van der Waals surface area contributed by atoms with E-state index in [2.05, 4.69) is 27.7 Å². The van der Waals surface area contributed by atoms with Crippen molar-refractivity contribution in [1.29, 1.82) is 0 Å². The first-order valence-corrected chi connectivity index (χ1v) is 8.30. The van der Waals surface area contributed by atoms with Gasteiger partial charge in [-0.15, -0.1) is 22.9 Å². The monoisotopic (exact) mass is 320 g/mol. The van der Waals surface area contributed by atoms with Gasteiger partial charge in [-0.05, 0) is 36.5 Å². The molecule has 3 rings (SSSR count). The first-order chi connectivity index (χ1) is 10.3. The summed E-state index contributed by atoms with van der Waals surface area (Å²) in [5.74, 6) is 1.90. The highest BCUT2D eigenvalue weighted by atomic mass is 35.5. The topological polar surface area (TPSA) is 26.5 Å². The lowest BCUT2D eigenvalue weighted by atomic mass is 9.96. The van der Waals surface area contributed by atoms with Crippen LogP contribution in [0.2, 0.25) is 0 Å². The van der Waals surface area contributed by atoms with E-state index in [0.717, 1.165) is 29.2 Å². The lowest BCUT2D eigenvalue weighted by Gasteiger charge is -2.13. The van der Waals surface area contributed by atoms with Crippen molar-refractivity contribution < 1.29 is 4.74 Å². The minimum atomic E-state index is 0.378. The molecule has 0 radical (unpaired) electrons. The summed E-state index contributed by atoms with van der Waals surface area (Å²) in [7, 11) is 1.69. The van der Waals surface area contributed by atoms with Crippen molar-refractivity contribution >= 4 is 27.9 Å². The molecule has 5 heteroatoms. The molecular formula is C16H17ClN2OS. The van der Waals surface area contributed by atoms with Gasteiger partial charge in [0.15, 0.2) is 4.96 Å². The molecule has 3 nitrogen and oxygen atoms in total. The number of methoxy groups -OCH3 is 1. The maximum absolute atomic E-state index is 6.15. The Balaban J connectivity index is 1.71. The number of benzene rings is 1. The Morgan fingerprint density at radius 2 is 2.29 bits per heavy atom. The van der Waals surface area contributed by atoms with Gasteiger partial charge in [-0.2, -0.15) is 0 Å². The molecule has 0 saturated carbocycles. The largest absolute Gasteiger partial charge is 0.497 e. The Kier molecular flexibility index (Phi) is 4.46. The molecule has 0 spiro atoms. The second-order valence-electron chi connectivity index (χ2n) is 5.11. The molecule has 1 aromatic carbocycles. The molecule has 110 valence electrons. The second kappa shape index (κ2) is 6.50. The fraction of sp³-hybridized carbons (Fsp3) is 0.312. The Labute approximate surface area is 133 Å². The van der Waals surface area contributed by atoms with Crippen molar-refractivity contribution in [2.24, 2.45) is 5.92 Å². The van der Waals surface area contributed by atoms with Crippen LogP contribution in [0.4, 0.5) is 0 Å². The summed E-state index contributed by atoms with van der Waals surface area (Å²) in [5.41, 5.74) is 2.36. The fourth-order valence-corrected chi connectivity index (χ4v) is 3.42. The van der Waals surface area contributed by atoms with Crippen LogP contribution in [0.25, 0.3) is 4.96 Å². The Bertz CT molecular complexity index is 693. The van der Waals surface area contributed by atoms with Crippen molar-refractivity contribution in [2.75, 3.05) is 13.0 Å². The summed E-state index contributed by atoms with van der Waals surface area (Å²) in [4.78, 5) is 5.68. The normalized spacial score (nSPS) is 12.7. The smallest absolute Gasteiger partial charge is 0.193 e. The number of ether oxygens (including phenoxy) is 1. The maximum Gasteiger partial charge on any atom is 0.193 e. The molecule has 0 N–H and O–H groups in total. The van der Waals surface area contributed by atoms with E-state index in [0.29, 0.717) is 11.8 Å². The third kappa shape index (κ3) is 3.39. The molecule has 0 fully saturated rings. The molecule has 0 aliphatic carbocycles. The zero-order chi connectivity index (χ0) is 14.7. The van der Waals surface area contributed by atoms with E-state index >= 15 is 0 Å². The lowest BCUT2D eigenvalue weighted by molar-refractivity contribution is 0.414. The molecular weight excluding hydrogens is 304 g/mol. The van der Waals surface area contributed by atoms with Gasteiger partial charge in [0.2, 0.25) is 0 Å². The van der Waals surface area contributed by atoms with Crippen LogP contribution in [0.3, 0.4) is 0 Å². The van der Waals surface area contributed by atoms with E-state index in [1.165, 1.54) is 5.56 Å². The summed E-state index contributed by atoms with van der Waals surface area (Å²) in [6, 6.07) is 8.17. The average molecular weight is 321 g/mol.